The fourth-order valence-corrected chi connectivity index (χ4v) is 7.64. The van der Waals surface area contributed by atoms with E-state index in [1.54, 1.807) is 19.9 Å². The molecule has 2 saturated carbocycles. The van der Waals surface area contributed by atoms with Gasteiger partial charge in [0.1, 0.15) is 5.75 Å². The zero-order chi connectivity index (χ0) is 33.0. The highest BCUT2D eigenvalue weighted by Crippen LogP contribution is 2.53. The van der Waals surface area contributed by atoms with Gasteiger partial charge >= 0.3 is 0 Å². The average Bonchev–Trinajstić information content (AvgIpc) is 2.97. The third-order valence-electron chi connectivity index (χ3n) is 9.90. The van der Waals surface area contributed by atoms with Crippen molar-refractivity contribution in [1.29, 1.82) is 0 Å². The number of aromatic hydroxyl groups is 1. The Hall–Kier alpha value is -4.18. The summed E-state index contributed by atoms with van der Waals surface area (Å²) in [7, 11) is 0. The van der Waals surface area contributed by atoms with E-state index in [9.17, 15) is 39.0 Å². The number of carbonyl (C=O) groups is 6. The Labute approximate surface area is 261 Å². The highest BCUT2D eigenvalue weighted by Gasteiger charge is 2.69. The van der Waals surface area contributed by atoms with E-state index in [-0.39, 0.29) is 30.1 Å². The van der Waals surface area contributed by atoms with Crippen LogP contribution < -0.4 is 11.1 Å². The van der Waals surface area contributed by atoms with E-state index in [4.69, 9.17) is 5.73 Å². The van der Waals surface area contributed by atoms with Gasteiger partial charge in [-0.05, 0) is 65.3 Å². The summed E-state index contributed by atoms with van der Waals surface area (Å²) in [5.41, 5.74) is 5.50. The first kappa shape index (κ1) is 32.2. The second-order valence-corrected chi connectivity index (χ2v) is 13.5. The molecule has 6 atom stereocenters. The van der Waals surface area contributed by atoms with E-state index < -0.39 is 70.1 Å². The molecule has 2 fully saturated rings. The number of nitrogens with one attached hydrogen (secondary N) is 1. The maximum absolute atomic E-state index is 14.0. The summed E-state index contributed by atoms with van der Waals surface area (Å²) in [6.07, 6.45) is 1.47. The molecule has 0 radical (unpaired) electrons. The van der Waals surface area contributed by atoms with Crippen molar-refractivity contribution in [3.63, 3.8) is 0 Å². The van der Waals surface area contributed by atoms with E-state index in [0.29, 0.717) is 30.0 Å². The molecule has 2 unspecified atom stereocenters. The van der Waals surface area contributed by atoms with Crippen molar-refractivity contribution in [2.24, 2.45) is 47.2 Å². The second-order valence-electron chi connectivity index (χ2n) is 13.5. The zero-order valence-corrected chi connectivity index (χ0v) is 26.0. The Kier molecular flexibility index (Phi) is 8.57. The van der Waals surface area contributed by atoms with E-state index >= 15 is 0 Å². The van der Waals surface area contributed by atoms with Crippen LogP contribution in [0.2, 0.25) is 0 Å². The number of hydrogen-bond acceptors (Lipinski definition) is 8. The fourth-order valence-electron chi connectivity index (χ4n) is 7.64. The van der Waals surface area contributed by atoms with E-state index in [1.807, 2.05) is 24.3 Å². The first-order valence-corrected chi connectivity index (χ1v) is 15.6. The van der Waals surface area contributed by atoms with E-state index in [1.165, 1.54) is 6.07 Å². The van der Waals surface area contributed by atoms with Gasteiger partial charge in [-0.3, -0.25) is 28.8 Å². The topological polar surface area (TPSA) is 181 Å². The van der Waals surface area contributed by atoms with Crippen molar-refractivity contribution in [2.45, 2.75) is 65.5 Å². The molecular weight excluding hydrogens is 576 g/mol. The van der Waals surface area contributed by atoms with Crippen molar-refractivity contribution in [3.8, 4) is 16.9 Å². The lowest BCUT2D eigenvalue weighted by molar-refractivity contribution is -0.182. The number of Topliss-reactive ketones (excluding diaryl/α,β-unsaturated/α-hetero) is 4. The molecule has 238 valence electrons. The summed E-state index contributed by atoms with van der Waals surface area (Å²) in [6, 6.07) is 10.5. The Morgan fingerprint density at radius 3 is 2.27 bits per heavy atom. The molecule has 10 heteroatoms. The zero-order valence-electron chi connectivity index (χ0n) is 26.0. The number of ketones is 4. The van der Waals surface area contributed by atoms with Crippen molar-refractivity contribution in [2.75, 3.05) is 0 Å². The molecule has 2 amide bonds. The molecule has 2 aromatic carbocycles. The summed E-state index contributed by atoms with van der Waals surface area (Å²) in [5, 5.41) is 25.5. The number of phenols is 1. The van der Waals surface area contributed by atoms with Gasteiger partial charge in [-0.15, -0.1) is 0 Å². The number of primary amides is 1. The van der Waals surface area contributed by atoms with Crippen LogP contribution in [-0.4, -0.2) is 50.8 Å². The van der Waals surface area contributed by atoms with Crippen LogP contribution in [0.15, 0.2) is 36.4 Å². The Balaban J connectivity index is 1.48. The quantitative estimate of drug-likeness (QED) is 0.327. The van der Waals surface area contributed by atoms with Crippen LogP contribution in [0, 0.1) is 41.4 Å². The molecule has 0 aliphatic heterocycles. The maximum Gasteiger partial charge on any atom is 0.235 e. The molecule has 10 nitrogen and oxygen atoms in total. The lowest BCUT2D eigenvalue weighted by Gasteiger charge is -2.52. The first-order chi connectivity index (χ1) is 21.2. The molecule has 5 N–H and O–H groups in total. The number of nitrogens with two attached hydrogens (primary N) is 1. The number of hydrogen-bond donors (Lipinski definition) is 4. The highest BCUT2D eigenvalue weighted by molar-refractivity contribution is 6.32. The summed E-state index contributed by atoms with van der Waals surface area (Å²) in [6.45, 7) is 7.92. The molecule has 0 saturated heterocycles. The van der Waals surface area contributed by atoms with Gasteiger partial charge in [0.25, 0.3) is 0 Å². The smallest absolute Gasteiger partial charge is 0.235 e. The van der Waals surface area contributed by atoms with Gasteiger partial charge in [-0.1, -0.05) is 58.0 Å². The predicted molar refractivity (Wildman–Crippen MR) is 164 cm³/mol. The van der Waals surface area contributed by atoms with Crippen LogP contribution >= 0.6 is 0 Å². The number of fused-ring (bicyclic) bond motifs is 3. The van der Waals surface area contributed by atoms with Crippen molar-refractivity contribution in [1.82, 2.24) is 5.32 Å². The first-order valence-electron chi connectivity index (χ1n) is 15.6. The number of benzene rings is 2. The Morgan fingerprint density at radius 1 is 1.00 bits per heavy atom. The number of aliphatic hydroxyl groups is 1. The van der Waals surface area contributed by atoms with Crippen LogP contribution in [-0.2, 0) is 36.9 Å². The van der Waals surface area contributed by atoms with Gasteiger partial charge in [0.05, 0.1) is 11.5 Å². The molecule has 3 aliphatic carbocycles. The third kappa shape index (κ3) is 5.39. The van der Waals surface area contributed by atoms with Gasteiger partial charge in [0.2, 0.25) is 11.8 Å². The third-order valence-corrected chi connectivity index (χ3v) is 9.90. The Morgan fingerprint density at radius 2 is 1.67 bits per heavy atom. The van der Waals surface area contributed by atoms with Gasteiger partial charge in [0, 0.05) is 24.8 Å². The number of phenolic OH excluding ortho intramolecular Hbond substituents is 1. The van der Waals surface area contributed by atoms with Gasteiger partial charge in [-0.2, -0.15) is 0 Å². The average molecular weight is 617 g/mol. The molecule has 0 aromatic heterocycles. The normalized spacial score (nSPS) is 27.7. The maximum atomic E-state index is 14.0. The summed E-state index contributed by atoms with van der Waals surface area (Å²) in [5.74, 6) is -11.4. The molecular formula is C35H40N2O8. The molecule has 0 heterocycles. The monoisotopic (exact) mass is 616 g/mol. The van der Waals surface area contributed by atoms with Crippen LogP contribution in [0.3, 0.4) is 0 Å². The Bertz CT molecular complexity index is 1590. The van der Waals surface area contributed by atoms with Crippen molar-refractivity contribution < 1.29 is 39.0 Å². The highest BCUT2D eigenvalue weighted by atomic mass is 16.3. The molecule has 45 heavy (non-hydrogen) atoms. The lowest BCUT2D eigenvalue weighted by Crippen LogP contribution is -2.71. The molecule has 5 rings (SSSR count). The molecule has 3 aliphatic rings. The molecule has 2 aromatic rings. The standard InChI is InChI=1S/C35H40N2O8/c1-16(2)5-12-25(39)37-15-18-6-8-19(9-7-18)21-10-11-24(38)28-22(21)13-20-14-23-26(17(3)4)30(40)29(34(36)44)33(43)35(23,45)32(42)27(20)31(28)41/h6-11,16-17,20,23,26-27,29,38,45H,5,12-15H2,1-4H3,(H2,36,44)(H,37,39)/t20-,23-,26-,27?,29?,35-/m0/s1. The minimum absolute atomic E-state index is 0.0198. The summed E-state index contributed by atoms with van der Waals surface area (Å²) in [4.78, 5) is 79.1. The molecule has 0 spiro atoms. The largest absolute Gasteiger partial charge is 0.507 e. The van der Waals surface area contributed by atoms with Crippen LogP contribution in [0.25, 0.3) is 11.1 Å². The van der Waals surface area contributed by atoms with E-state index in [2.05, 4.69) is 19.2 Å². The number of amides is 2. The summed E-state index contributed by atoms with van der Waals surface area (Å²) >= 11 is 0. The summed E-state index contributed by atoms with van der Waals surface area (Å²) < 4.78 is 0. The lowest BCUT2D eigenvalue weighted by atomic mass is 9.49. The van der Waals surface area contributed by atoms with Crippen LogP contribution in [0.5, 0.6) is 5.75 Å². The van der Waals surface area contributed by atoms with E-state index in [0.717, 1.165) is 17.5 Å². The second kappa shape index (κ2) is 12.0. The van der Waals surface area contributed by atoms with Gasteiger partial charge < -0.3 is 21.3 Å². The van der Waals surface area contributed by atoms with Crippen molar-refractivity contribution >= 4 is 34.9 Å². The minimum Gasteiger partial charge on any atom is -0.507 e. The van der Waals surface area contributed by atoms with Crippen LogP contribution in [0.4, 0.5) is 0 Å². The van der Waals surface area contributed by atoms with Crippen LogP contribution in [0.1, 0.15) is 68.4 Å². The van der Waals surface area contributed by atoms with Gasteiger partial charge in [-0.25, -0.2) is 0 Å². The predicted octanol–water partition coefficient (Wildman–Crippen LogP) is 2.93. The van der Waals surface area contributed by atoms with Gasteiger partial charge in [0.15, 0.2) is 34.7 Å². The number of rotatable bonds is 8. The fraction of sp³-hybridized carbons (Fsp3) is 0.486. The molecule has 0 bridgehead atoms. The van der Waals surface area contributed by atoms with Crippen molar-refractivity contribution in [3.05, 3.63) is 53.1 Å². The number of carbonyl (C=O) groups excluding carboxylic acids is 6. The SMILES string of the molecule is CC(C)CCC(=O)NCc1ccc(-c2ccc(O)c3c2C[C@H]2C[C@H]4[C@H](C(C)C)C(=O)C(C(N)=O)C(=O)[C@@]4(O)C(=O)C2C3=O)cc1. The minimum atomic E-state index is -2.72.